The van der Waals surface area contributed by atoms with E-state index in [0.29, 0.717) is 13.0 Å². The van der Waals surface area contributed by atoms with Gasteiger partial charge >= 0.3 is 6.09 Å². The first kappa shape index (κ1) is 16.3. The van der Waals surface area contributed by atoms with Crippen molar-refractivity contribution in [3.8, 4) is 0 Å². The molecule has 0 radical (unpaired) electrons. The summed E-state index contributed by atoms with van der Waals surface area (Å²) in [7, 11) is 0. The van der Waals surface area contributed by atoms with E-state index in [4.69, 9.17) is 5.73 Å². The van der Waals surface area contributed by atoms with Gasteiger partial charge in [-0.25, -0.2) is 4.79 Å². The van der Waals surface area contributed by atoms with Gasteiger partial charge in [-0.05, 0) is 43.5 Å². The highest BCUT2D eigenvalue weighted by molar-refractivity contribution is 5.85. The molecule has 2 aromatic carbocycles. The number of fused-ring (bicyclic) bond motifs is 1. The van der Waals surface area contributed by atoms with Gasteiger partial charge in [0, 0.05) is 18.1 Å². The lowest BCUT2D eigenvalue weighted by Crippen LogP contribution is -2.50. The standard InChI is InChI=1S/C18H24N2O2/c1-18(2,3)20(17(21)22)12-15(19)11-14-9-6-8-13-7-4-5-10-16(13)14/h4-10,15H,11-12,19H2,1-3H3,(H,21,22)/t15-/m0/s1. The van der Waals surface area contributed by atoms with Gasteiger partial charge in [-0.1, -0.05) is 42.5 Å². The van der Waals surface area contributed by atoms with E-state index in [9.17, 15) is 9.90 Å². The topological polar surface area (TPSA) is 66.6 Å². The minimum Gasteiger partial charge on any atom is -0.465 e. The number of nitrogens with zero attached hydrogens (tertiary/aromatic N) is 1. The average molecular weight is 300 g/mol. The summed E-state index contributed by atoms with van der Waals surface area (Å²) in [6.45, 7) is 5.96. The Bertz CT molecular complexity index is 656. The number of rotatable bonds is 4. The summed E-state index contributed by atoms with van der Waals surface area (Å²) < 4.78 is 0. The smallest absolute Gasteiger partial charge is 0.407 e. The Hall–Kier alpha value is -2.07. The summed E-state index contributed by atoms with van der Waals surface area (Å²) in [4.78, 5) is 12.8. The summed E-state index contributed by atoms with van der Waals surface area (Å²) >= 11 is 0. The van der Waals surface area contributed by atoms with Crippen molar-refractivity contribution in [1.82, 2.24) is 4.90 Å². The van der Waals surface area contributed by atoms with Crippen LogP contribution in [-0.2, 0) is 6.42 Å². The molecule has 0 saturated heterocycles. The number of carboxylic acid groups (broad SMARTS) is 1. The second kappa shape index (κ2) is 6.36. The molecule has 0 spiro atoms. The molecule has 22 heavy (non-hydrogen) atoms. The van der Waals surface area contributed by atoms with Crippen LogP contribution in [0.5, 0.6) is 0 Å². The van der Waals surface area contributed by atoms with Crippen molar-refractivity contribution in [3.63, 3.8) is 0 Å². The Balaban J connectivity index is 2.17. The molecule has 0 saturated carbocycles. The number of carbonyl (C=O) groups is 1. The first-order valence-electron chi connectivity index (χ1n) is 7.52. The summed E-state index contributed by atoms with van der Waals surface area (Å²) in [6, 6.07) is 14.1. The molecule has 118 valence electrons. The fourth-order valence-electron chi connectivity index (χ4n) is 2.69. The molecule has 0 aliphatic heterocycles. The molecule has 3 N–H and O–H groups in total. The summed E-state index contributed by atoms with van der Waals surface area (Å²) in [5.41, 5.74) is 6.93. The number of hydrogen-bond donors (Lipinski definition) is 2. The second-order valence-electron chi connectivity index (χ2n) is 6.67. The third-order valence-corrected chi connectivity index (χ3v) is 3.82. The Kier molecular flexibility index (Phi) is 4.71. The minimum atomic E-state index is -0.930. The van der Waals surface area contributed by atoms with Crippen molar-refractivity contribution in [2.24, 2.45) is 5.73 Å². The molecular formula is C18H24N2O2. The molecule has 2 rings (SSSR count). The van der Waals surface area contributed by atoms with Crippen LogP contribution < -0.4 is 5.73 Å². The lowest BCUT2D eigenvalue weighted by molar-refractivity contribution is 0.0960. The SMILES string of the molecule is CC(C)(C)N(C[C@@H](N)Cc1cccc2ccccc12)C(=O)O. The van der Waals surface area contributed by atoms with Gasteiger partial charge in [0.15, 0.2) is 0 Å². The first-order chi connectivity index (χ1) is 10.3. The van der Waals surface area contributed by atoms with Crippen LogP contribution in [0.3, 0.4) is 0 Å². The average Bonchev–Trinajstić information content (AvgIpc) is 2.44. The molecule has 1 amide bonds. The van der Waals surface area contributed by atoms with Crippen molar-refractivity contribution in [2.45, 2.75) is 38.8 Å². The maximum atomic E-state index is 11.4. The molecule has 0 aromatic heterocycles. The monoisotopic (exact) mass is 300 g/mol. The van der Waals surface area contributed by atoms with Crippen LogP contribution >= 0.6 is 0 Å². The normalized spacial score (nSPS) is 13.1. The van der Waals surface area contributed by atoms with Crippen LogP contribution in [0.15, 0.2) is 42.5 Å². The van der Waals surface area contributed by atoms with Gasteiger partial charge in [0.2, 0.25) is 0 Å². The molecule has 2 aromatic rings. The van der Waals surface area contributed by atoms with E-state index >= 15 is 0 Å². The number of nitrogens with two attached hydrogens (primary N) is 1. The number of benzene rings is 2. The third-order valence-electron chi connectivity index (χ3n) is 3.82. The predicted molar refractivity (Wildman–Crippen MR) is 90.1 cm³/mol. The van der Waals surface area contributed by atoms with Gasteiger partial charge < -0.3 is 15.7 Å². The molecule has 0 aliphatic carbocycles. The molecule has 4 nitrogen and oxygen atoms in total. The largest absolute Gasteiger partial charge is 0.465 e. The highest BCUT2D eigenvalue weighted by Crippen LogP contribution is 2.20. The lowest BCUT2D eigenvalue weighted by atomic mass is 9.98. The molecule has 0 heterocycles. The zero-order valence-corrected chi connectivity index (χ0v) is 13.4. The molecule has 4 heteroatoms. The Morgan fingerprint density at radius 1 is 1.18 bits per heavy atom. The highest BCUT2D eigenvalue weighted by Gasteiger charge is 2.27. The minimum absolute atomic E-state index is 0.235. The molecule has 0 aliphatic rings. The van der Waals surface area contributed by atoms with Crippen molar-refractivity contribution >= 4 is 16.9 Å². The van der Waals surface area contributed by atoms with Gasteiger partial charge in [0.25, 0.3) is 0 Å². The quantitative estimate of drug-likeness (QED) is 0.908. The molecule has 0 bridgehead atoms. The molecule has 1 atom stereocenters. The van der Waals surface area contributed by atoms with E-state index in [2.05, 4.69) is 24.3 Å². The van der Waals surface area contributed by atoms with Crippen molar-refractivity contribution in [3.05, 3.63) is 48.0 Å². The van der Waals surface area contributed by atoms with Crippen LogP contribution in [-0.4, -0.2) is 34.2 Å². The fourth-order valence-corrected chi connectivity index (χ4v) is 2.69. The maximum absolute atomic E-state index is 11.4. The number of amides is 1. The summed E-state index contributed by atoms with van der Waals surface area (Å²) in [6.07, 6.45) is -0.276. The Morgan fingerprint density at radius 2 is 1.82 bits per heavy atom. The Morgan fingerprint density at radius 3 is 2.45 bits per heavy atom. The van der Waals surface area contributed by atoms with Gasteiger partial charge in [0.05, 0.1) is 0 Å². The van der Waals surface area contributed by atoms with Crippen molar-refractivity contribution in [1.29, 1.82) is 0 Å². The third kappa shape index (κ3) is 3.77. The molecule has 0 fully saturated rings. The van der Waals surface area contributed by atoms with E-state index in [-0.39, 0.29) is 6.04 Å². The van der Waals surface area contributed by atoms with E-state index in [0.717, 1.165) is 5.56 Å². The lowest BCUT2D eigenvalue weighted by Gasteiger charge is -2.35. The van der Waals surface area contributed by atoms with Gasteiger partial charge in [-0.3, -0.25) is 0 Å². The maximum Gasteiger partial charge on any atom is 0.407 e. The van der Waals surface area contributed by atoms with E-state index in [1.807, 2.05) is 39.0 Å². The predicted octanol–water partition coefficient (Wildman–Crippen LogP) is 3.49. The zero-order valence-electron chi connectivity index (χ0n) is 13.4. The van der Waals surface area contributed by atoms with E-state index in [1.165, 1.54) is 15.7 Å². The van der Waals surface area contributed by atoms with Crippen LogP contribution in [0.1, 0.15) is 26.3 Å². The van der Waals surface area contributed by atoms with Crippen LogP contribution in [0, 0.1) is 0 Å². The van der Waals surface area contributed by atoms with E-state index in [1.54, 1.807) is 0 Å². The van der Waals surface area contributed by atoms with Gasteiger partial charge in [-0.2, -0.15) is 0 Å². The van der Waals surface area contributed by atoms with Gasteiger partial charge in [0.1, 0.15) is 0 Å². The van der Waals surface area contributed by atoms with Crippen molar-refractivity contribution in [2.75, 3.05) is 6.54 Å². The second-order valence-corrected chi connectivity index (χ2v) is 6.67. The fraction of sp³-hybridized carbons (Fsp3) is 0.389. The Labute approximate surface area is 131 Å². The summed E-state index contributed by atoms with van der Waals surface area (Å²) in [5, 5.41) is 11.7. The molecule has 0 unspecified atom stereocenters. The van der Waals surface area contributed by atoms with Crippen LogP contribution in [0.25, 0.3) is 10.8 Å². The zero-order chi connectivity index (χ0) is 16.3. The van der Waals surface area contributed by atoms with Gasteiger partial charge in [-0.15, -0.1) is 0 Å². The summed E-state index contributed by atoms with van der Waals surface area (Å²) in [5.74, 6) is 0. The highest BCUT2D eigenvalue weighted by atomic mass is 16.4. The van der Waals surface area contributed by atoms with Crippen LogP contribution in [0.4, 0.5) is 4.79 Å². The number of hydrogen-bond acceptors (Lipinski definition) is 2. The van der Waals surface area contributed by atoms with E-state index < -0.39 is 11.6 Å². The van der Waals surface area contributed by atoms with Crippen molar-refractivity contribution < 1.29 is 9.90 Å². The molecular weight excluding hydrogens is 276 g/mol. The van der Waals surface area contributed by atoms with Crippen LogP contribution in [0.2, 0.25) is 0 Å². The first-order valence-corrected chi connectivity index (χ1v) is 7.52.